The zero-order valence-corrected chi connectivity index (χ0v) is 16.1. The van der Waals surface area contributed by atoms with E-state index in [1.165, 1.54) is 15.3 Å². The van der Waals surface area contributed by atoms with Gasteiger partial charge in [0.1, 0.15) is 11.9 Å². The summed E-state index contributed by atoms with van der Waals surface area (Å²) in [4.78, 5) is 24.5. The van der Waals surface area contributed by atoms with E-state index >= 15 is 0 Å². The zero-order chi connectivity index (χ0) is 19.4. The van der Waals surface area contributed by atoms with E-state index in [2.05, 4.69) is 21.7 Å². The fraction of sp³-hybridized carbons (Fsp3) is 0.353. The number of benzene rings is 1. The van der Waals surface area contributed by atoms with E-state index in [-0.39, 0.29) is 23.2 Å². The van der Waals surface area contributed by atoms with Crippen molar-refractivity contribution < 1.29 is 4.79 Å². The van der Waals surface area contributed by atoms with Gasteiger partial charge in [-0.05, 0) is 25.5 Å². The lowest BCUT2D eigenvalue weighted by Crippen LogP contribution is -2.39. The summed E-state index contributed by atoms with van der Waals surface area (Å²) in [5.41, 5.74) is 0.492. The van der Waals surface area contributed by atoms with Crippen LogP contribution in [0.1, 0.15) is 19.2 Å². The Morgan fingerprint density at radius 3 is 2.62 bits per heavy atom. The third-order valence-electron chi connectivity index (χ3n) is 3.88. The Hall–Kier alpha value is -2.43. The second-order valence-corrected chi connectivity index (χ2v) is 6.43. The normalized spacial score (nSPS) is 11.7. The van der Waals surface area contributed by atoms with Crippen molar-refractivity contribution in [3.05, 3.63) is 38.5 Å². The fourth-order valence-electron chi connectivity index (χ4n) is 2.30. The molecule has 1 heterocycles. The molecule has 7 nitrogen and oxygen atoms in total. The number of amides is 1. The van der Waals surface area contributed by atoms with Gasteiger partial charge in [0.15, 0.2) is 0 Å². The first-order chi connectivity index (χ1) is 12.3. The zero-order valence-electron chi connectivity index (χ0n) is 14.6. The summed E-state index contributed by atoms with van der Waals surface area (Å²) in [6.07, 6.45) is 5.67. The number of hydrogen-bond donors (Lipinski definition) is 2. The summed E-state index contributed by atoms with van der Waals surface area (Å²) in [5, 5.41) is 10.5. The van der Waals surface area contributed by atoms with Crippen LogP contribution in [0, 0.1) is 19.3 Å². The van der Waals surface area contributed by atoms with E-state index in [1.54, 1.807) is 20.0 Å². The summed E-state index contributed by atoms with van der Waals surface area (Å²) in [7, 11) is 1.62. The maximum absolute atomic E-state index is 12.3. The molecule has 1 aromatic heterocycles. The molecule has 2 aromatic rings. The van der Waals surface area contributed by atoms with Crippen molar-refractivity contribution in [1.29, 1.82) is 0 Å². The van der Waals surface area contributed by atoms with Gasteiger partial charge < -0.3 is 10.6 Å². The van der Waals surface area contributed by atoms with Crippen LogP contribution in [0.4, 0.5) is 5.69 Å². The molecule has 1 atom stereocenters. The first-order valence-corrected chi connectivity index (χ1v) is 8.65. The van der Waals surface area contributed by atoms with Crippen LogP contribution in [-0.4, -0.2) is 32.8 Å². The molecule has 26 heavy (non-hydrogen) atoms. The number of aryl methyl sites for hydroxylation is 1. The summed E-state index contributed by atoms with van der Waals surface area (Å²) in [6, 6.07) is 2.55. The first-order valence-electron chi connectivity index (χ1n) is 7.89. The van der Waals surface area contributed by atoms with Crippen LogP contribution in [0.15, 0.2) is 16.9 Å². The van der Waals surface area contributed by atoms with Crippen LogP contribution in [0.5, 0.6) is 0 Å². The van der Waals surface area contributed by atoms with Crippen LogP contribution >= 0.6 is 23.2 Å². The highest BCUT2D eigenvalue weighted by molar-refractivity contribution is 6.37. The molecule has 1 aromatic carbocycles. The maximum Gasteiger partial charge on any atom is 0.350 e. The lowest BCUT2D eigenvalue weighted by molar-refractivity contribution is -0.121. The number of aromatic nitrogens is 3. The number of halogens is 2. The van der Waals surface area contributed by atoms with Gasteiger partial charge in [-0.15, -0.1) is 6.42 Å². The molecule has 0 fully saturated rings. The Balaban J connectivity index is 2.41. The minimum absolute atomic E-state index is 0.138. The first kappa shape index (κ1) is 19.9. The van der Waals surface area contributed by atoms with Gasteiger partial charge in [-0.25, -0.2) is 4.79 Å². The topological polar surface area (TPSA) is 81.0 Å². The van der Waals surface area contributed by atoms with E-state index in [1.807, 2.05) is 6.92 Å². The van der Waals surface area contributed by atoms with Crippen LogP contribution in [0.25, 0.3) is 5.69 Å². The summed E-state index contributed by atoms with van der Waals surface area (Å²) >= 11 is 12.5. The second-order valence-electron chi connectivity index (χ2n) is 5.61. The van der Waals surface area contributed by atoms with Crippen LogP contribution in [0.2, 0.25) is 10.0 Å². The van der Waals surface area contributed by atoms with Crippen molar-refractivity contribution in [2.24, 2.45) is 7.05 Å². The molecule has 0 aliphatic heterocycles. The molecule has 138 valence electrons. The van der Waals surface area contributed by atoms with Gasteiger partial charge in [0.25, 0.3) is 0 Å². The Morgan fingerprint density at radius 2 is 2.08 bits per heavy atom. The number of carbonyl (C=O) groups excluding carboxylic acids is 1. The Bertz CT molecular complexity index is 926. The standard InChI is InChI=1S/C17H19Cl2N5O2/c1-5-7-20-16(25)13(6-2)21-14-9-15(12(19)8-11(14)18)24-17(26)23(4)10(3)22-24/h1,8-9,13,21H,6-7H2,2-4H3,(H,20,25). The monoisotopic (exact) mass is 395 g/mol. The number of terminal acetylenes is 1. The Labute approximate surface area is 161 Å². The molecule has 0 saturated carbocycles. The lowest BCUT2D eigenvalue weighted by atomic mass is 10.2. The molecule has 1 amide bonds. The minimum Gasteiger partial charge on any atom is -0.372 e. The predicted octanol–water partition coefficient (Wildman–Crippen LogP) is 2.13. The lowest BCUT2D eigenvalue weighted by Gasteiger charge is -2.19. The molecule has 1 unspecified atom stereocenters. The summed E-state index contributed by atoms with van der Waals surface area (Å²) in [5.74, 6) is 2.64. The van der Waals surface area contributed by atoms with Crippen molar-refractivity contribution in [3.63, 3.8) is 0 Å². The molecular formula is C17H19Cl2N5O2. The van der Waals surface area contributed by atoms with Crippen molar-refractivity contribution in [3.8, 4) is 18.0 Å². The number of nitrogens with zero attached hydrogens (tertiary/aromatic N) is 3. The van der Waals surface area contributed by atoms with Gasteiger partial charge in [0, 0.05) is 7.05 Å². The van der Waals surface area contributed by atoms with Gasteiger partial charge in [-0.2, -0.15) is 9.78 Å². The number of rotatable bonds is 6. The molecule has 0 bridgehead atoms. The van der Waals surface area contributed by atoms with E-state index in [0.717, 1.165) is 0 Å². The number of anilines is 1. The van der Waals surface area contributed by atoms with Crippen molar-refractivity contribution in [1.82, 2.24) is 19.7 Å². The van der Waals surface area contributed by atoms with Gasteiger partial charge in [0.2, 0.25) is 5.91 Å². The highest BCUT2D eigenvalue weighted by Crippen LogP contribution is 2.31. The van der Waals surface area contributed by atoms with E-state index in [0.29, 0.717) is 28.6 Å². The van der Waals surface area contributed by atoms with Crippen LogP contribution < -0.4 is 16.3 Å². The number of carbonyl (C=O) groups is 1. The molecular weight excluding hydrogens is 377 g/mol. The smallest absolute Gasteiger partial charge is 0.350 e. The molecule has 0 saturated heterocycles. The van der Waals surface area contributed by atoms with Crippen molar-refractivity contribution in [2.75, 3.05) is 11.9 Å². The van der Waals surface area contributed by atoms with E-state index in [9.17, 15) is 9.59 Å². The average molecular weight is 396 g/mol. The quantitative estimate of drug-likeness (QED) is 0.734. The third kappa shape index (κ3) is 4.03. The van der Waals surface area contributed by atoms with Crippen LogP contribution in [-0.2, 0) is 11.8 Å². The maximum atomic E-state index is 12.3. The third-order valence-corrected chi connectivity index (χ3v) is 4.50. The van der Waals surface area contributed by atoms with Gasteiger partial charge in [-0.1, -0.05) is 36.0 Å². The van der Waals surface area contributed by atoms with Crippen molar-refractivity contribution in [2.45, 2.75) is 26.3 Å². The van der Waals surface area contributed by atoms with Gasteiger partial charge in [-0.3, -0.25) is 9.36 Å². The largest absolute Gasteiger partial charge is 0.372 e. The molecule has 0 aliphatic rings. The van der Waals surface area contributed by atoms with Crippen molar-refractivity contribution >= 4 is 34.8 Å². The Kier molecular flexibility index (Phi) is 6.35. The minimum atomic E-state index is -0.544. The predicted molar refractivity (Wildman–Crippen MR) is 103 cm³/mol. The molecule has 0 radical (unpaired) electrons. The second kappa shape index (κ2) is 8.30. The van der Waals surface area contributed by atoms with E-state index in [4.69, 9.17) is 29.6 Å². The fourth-order valence-corrected chi connectivity index (χ4v) is 2.82. The highest BCUT2D eigenvalue weighted by atomic mass is 35.5. The number of nitrogens with one attached hydrogen (secondary N) is 2. The molecule has 0 spiro atoms. The molecule has 2 N–H and O–H groups in total. The summed E-state index contributed by atoms with van der Waals surface area (Å²) in [6.45, 7) is 3.70. The highest BCUT2D eigenvalue weighted by Gasteiger charge is 2.19. The molecule has 9 heteroatoms. The van der Waals surface area contributed by atoms with Gasteiger partial charge in [0.05, 0.1) is 28.0 Å². The average Bonchev–Trinajstić information content (AvgIpc) is 2.86. The van der Waals surface area contributed by atoms with E-state index < -0.39 is 6.04 Å². The van der Waals surface area contributed by atoms with Crippen LogP contribution in [0.3, 0.4) is 0 Å². The Morgan fingerprint density at radius 1 is 1.38 bits per heavy atom. The number of hydrogen-bond acceptors (Lipinski definition) is 4. The van der Waals surface area contributed by atoms with Gasteiger partial charge >= 0.3 is 5.69 Å². The SMILES string of the molecule is C#CCNC(=O)C(CC)Nc1cc(-n2nc(C)n(C)c2=O)c(Cl)cc1Cl. The summed E-state index contributed by atoms with van der Waals surface area (Å²) < 4.78 is 2.60. The molecule has 2 rings (SSSR count). The molecule has 0 aliphatic carbocycles.